The number of hydrogen-bond acceptors (Lipinski definition) is 5. The van der Waals surface area contributed by atoms with Gasteiger partial charge in [-0.25, -0.2) is 0 Å². The van der Waals surface area contributed by atoms with Gasteiger partial charge in [-0.2, -0.15) is 0 Å². The molecule has 0 spiro atoms. The summed E-state index contributed by atoms with van der Waals surface area (Å²) in [6.45, 7) is 4.79. The van der Waals surface area contributed by atoms with Gasteiger partial charge in [0.15, 0.2) is 0 Å². The van der Waals surface area contributed by atoms with Crippen LogP contribution in [0.15, 0.2) is 0 Å². The van der Waals surface area contributed by atoms with Gasteiger partial charge in [-0.3, -0.25) is 9.59 Å². The second kappa shape index (κ2) is 5.84. The summed E-state index contributed by atoms with van der Waals surface area (Å²) in [6.07, 6.45) is 1.03. The molecule has 1 fully saturated rings. The van der Waals surface area contributed by atoms with E-state index in [0.29, 0.717) is 0 Å². The first-order valence-corrected chi connectivity index (χ1v) is 5.45. The maximum atomic E-state index is 10.9. The molecule has 0 saturated carbocycles. The molecule has 0 aromatic heterocycles. The third kappa shape index (κ3) is 4.18. The predicted octanol–water partition coefficient (Wildman–Crippen LogP) is 1.05. The van der Waals surface area contributed by atoms with E-state index in [1.807, 2.05) is 6.92 Å². The molecule has 0 amide bonds. The number of ether oxygens (including phenoxy) is 3. The van der Waals surface area contributed by atoms with Crippen LogP contribution in [0.1, 0.15) is 33.6 Å². The van der Waals surface area contributed by atoms with Crippen molar-refractivity contribution in [1.29, 1.82) is 0 Å². The average Bonchev–Trinajstić information content (AvgIpc) is 2.17. The number of carbonyl (C=O) groups excluding carboxylic acids is 2. The van der Waals surface area contributed by atoms with Crippen LogP contribution in [-0.2, 0) is 23.8 Å². The molecule has 0 unspecified atom stereocenters. The molecule has 1 saturated heterocycles. The third-order valence-corrected chi connectivity index (χ3v) is 2.45. The van der Waals surface area contributed by atoms with Crippen molar-refractivity contribution in [2.45, 2.75) is 51.9 Å². The summed E-state index contributed by atoms with van der Waals surface area (Å²) in [5.74, 6) is -0.695. The van der Waals surface area contributed by atoms with E-state index in [0.717, 1.165) is 12.8 Å². The molecule has 1 aliphatic rings. The fraction of sp³-hybridized carbons (Fsp3) is 0.818. The lowest BCUT2D eigenvalue weighted by Crippen LogP contribution is -2.43. The van der Waals surface area contributed by atoms with Crippen LogP contribution in [0.5, 0.6) is 0 Å². The van der Waals surface area contributed by atoms with Crippen LogP contribution < -0.4 is 0 Å². The summed E-state index contributed by atoms with van der Waals surface area (Å²) < 4.78 is 15.6. The zero-order valence-corrected chi connectivity index (χ0v) is 9.89. The van der Waals surface area contributed by atoms with Gasteiger partial charge in [-0.1, -0.05) is 0 Å². The summed E-state index contributed by atoms with van der Waals surface area (Å²) in [7, 11) is 0. The van der Waals surface area contributed by atoms with Gasteiger partial charge in [0.1, 0.15) is 18.8 Å². The Balaban J connectivity index is 2.50. The van der Waals surface area contributed by atoms with E-state index in [2.05, 4.69) is 0 Å². The Morgan fingerprint density at radius 3 is 2.50 bits per heavy atom. The maximum Gasteiger partial charge on any atom is 0.302 e. The van der Waals surface area contributed by atoms with Crippen molar-refractivity contribution >= 4 is 11.9 Å². The molecule has 0 aliphatic carbocycles. The van der Waals surface area contributed by atoms with Crippen LogP contribution >= 0.6 is 0 Å². The van der Waals surface area contributed by atoms with E-state index in [9.17, 15) is 9.59 Å². The minimum absolute atomic E-state index is 0.104. The van der Waals surface area contributed by atoms with Gasteiger partial charge in [-0.15, -0.1) is 0 Å². The number of hydrogen-bond donors (Lipinski definition) is 0. The maximum absolute atomic E-state index is 10.9. The Morgan fingerprint density at radius 2 is 1.94 bits per heavy atom. The van der Waals surface area contributed by atoms with Crippen molar-refractivity contribution in [3.8, 4) is 0 Å². The Kier molecular flexibility index (Phi) is 4.73. The molecule has 0 radical (unpaired) electrons. The largest absolute Gasteiger partial charge is 0.463 e. The Hall–Kier alpha value is -1.10. The molecule has 0 bridgehead atoms. The lowest BCUT2D eigenvalue weighted by Gasteiger charge is -2.34. The quantitative estimate of drug-likeness (QED) is 0.678. The molecular weight excluding hydrogens is 212 g/mol. The van der Waals surface area contributed by atoms with Crippen LogP contribution in [0, 0.1) is 0 Å². The number of carbonyl (C=O) groups is 2. The highest BCUT2D eigenvalue weighted by Crippen LogP contribution is 2.22. The van der Waals surface area contributed by atoms with Crippen molar-refractivity contribution in [3.63, 3.8) is 0 Å². The zero-order chi connectivity index (χ0) is 12.1. The van der Waals surface area contributed by atoms with Gasteiger partial charge in [-0.05, 0) is 19.8 Å². The molecule has 1 aliphatic heterocycles. The molecule has 1 rings (SSSR count). The molecule has 16 heavy (non-hydrogen) atoms. The lowest BCUT2D eigenvalue weighted by atomic mass is 10.0. The highest BCUT2D eigenvalue weighted by Gasteiger charge is 2.32. The zero-order valence-electron chi connectivity index (χ0n) is 9.89. The normalized spacial score (nSPS) is 29.6. The first-order chi connectivity index (χ1) is 7.49. The summed E-state index contributed by atoms with van der Waals surface area (Å²) >= 11 is 0. The van der Waals surface area contributed by atoms with Gasteiger partial charge < -0.3 is 14.2 Å². The smallest absolute Gasteiger partial charge is 0.302 e. The topological polar surface area (TPSA) is 61.8 Å². The fourth-order valence-electron chi connectivity index (χ4n) is 1.73. The molecule has 92 valence electrons. The van der Waals surface area contributed by atoms with Crippen LogP contribution in [0.3, 0.4) is 0 Å². The SMILES string of the molecule is CC(=O)OC[C@@H]1O[C@@H](C)CC[C@H]1OC(C)=O. The molecular formula is C11H18O5. The minimum Gasteiger partial charge on any atom is -0.463 e. The highest BCUT2D eigenvalue weighted by atomic mass is 16.6. The molecule has 0 aromatic carbocycles. The predicted molar refractivity (Wildman–Crippen MR) is 55.8 cm³/mol. The van der Waals surface area contributed by atoms with Crippen LogP contribution in [-0.4, -0.2) is 36.9 Å². The van der Waals surface area contributed by atoms with E-state index < -0.39 is 0 Å². The highest BCUT2D eigenvalue weighted by molar-refractivity contribution is 5.66. The van der Waals surface area contributed by atoms with Crippen LogP contribution in [0.25, 0.3) is 0 Å². The van der Waals surface area contributed by atoms with E-state index in [4.69, 9.17) is 14.2 Å². The van der Waals surface area contributed by atoms with E-state index in [-0.39, 0.29) is 36.9 Å². The van der Waals surface area contributed by atoms with E-state index in [1.54, 1.807) is 0 Å². The standard InChI is InChI=1S/C11H18O5/c1-7-4-5-10(16-9(3)13)11(15-7)6-14-8(2)12/h7,10-11H,4-6H2,1-3H3/t7-,10+,11-/m0/s1. The molecule has 1 heterocycles. The van der Waals surface area contributed by atoms with Gasteiger partial charge in [0, 0.05) is 13.8 Å². The molecule has 3 atom stereocenters. The van der Waals surface area contributed by atoms with Crippen LogP contribution in [0.2, 0.25) is 0 Å². The summed E-state index contributed by atoms with van der Waals surface area (Å²) in [5, 5.41) is 0. The Bertz CT molecular complexity index is 263. The van der Waals surface area contributed by atoms with Crippen molar-refractivity contribution < 1.29 is 23.8 Å². The van der Waals surface area contributed by atoms with Crippen molar-refractivity contribution in [1.82, 2.24) is 0 Å². The summed E-state index contributed by atoms with van der Waals surface area (Å²) in [6, 6.07) is 0. The first kappa shape index (κ1) is 13.0. The molecule has 0 aromatic rings. The molecule has 5 nitrogen and oxygen atoms in total. The monoisotopic (exact) mass is 230 g/mol. The van der Waals surface area contributed by atoms with Crippen molar-refractivity contribution in [2.75, 3.05) is 6.61 Å². The summed E-state index contributed by atoms with van der Waals surface area (Å²) in [5.41, 5.74) is 0. The van der Waals surface area contributed by atoms with E-state index >= 15 is 0 Å². The fourth-order valence-corrected chi connectivity index (χ4v) is 1.73. The Morgan fingerprint density at radius 1 is 1.25 bits per heavy atom. The third-order valence-electron chi connectivity index (χ3n) is 2.45. The van der Waals surface area contributed by atoms with Crippen molar-refractivity contribution in [2.24, 2.45) is 0 Å². The second-order valence-corrected chi connectivity index (χ2v) is 4.01. The van der Waals surface area contributed by atoms with Gasteiger partial charge in [0.2, 0.25) is 0 Å². The second-order valence-electron chi connectivity index (χ2n) is 4.01. The lowest BCUT2D eigenvalue weighted by molar-refractivity contribution is -0.179. The van der Waals surface area contributed by atoms with Crippen LogP contribution in [0.4, 0.5) is 0 Å². The first-order valence-electron chi connectivity index (χ1n) is 5.45. The van der Waals surface area contributed by atoms with Crippen molar-refractivity contribution in [3.05, 3.63) is 0 Å². The average molecular weight is 230 g/mol. The number of esters is 2. The van der Waals surface area contributed by atoms with Gasteiger partial charge in [0.05, 0.1) is 6.10 Å². The molecule has 0 N–H and O–H groups in total. The molecule has 5 heteroatoms. The van der Waals surface area contributed by atoms with Gasteiger partial charge in [0.25, 0.3) is 0 Å². The minimum atomic E-state index is -0.358. The summed E-state index contributed by atoms with van der Waals surface area (Å²) in [4.78, 5) is 21.6. The number of rotatable bonds is 3. The Labute approximate surface area is 95.0 Å². The van der Waals surface area contributed by atoms with Gasteiger partial charge >= 0.3 is 11.9 Å². The van der Waals surface area contributed by atoms with E-state index in [1.165, 1.54) is 13.8 Å².